The second-order valence-corrected chi connectivity index (χ2v) is 5.62. The van der Waals surface area contributed by atoms with Crippen LogP contribution in [0.4, 0.5) is 16.0 Å². The van der Waals surface area contributed by atoms with Gasteiger partial charge in [0.2, 0.25) is 0 Å². The van der Waals surface area contributed by atoms with Gasteiger partial charge in [-0.15, -0.1) is 0 Å². The standard InChI is InChI=1S/C17H20FN5O/c18-14-6-2-1-5-13(14)17(24)20-8-7-19-15-11-16(22-12-21-15)23-9-3-4-10-23/h1-2,5-6,11-12H,3-4,7-10H2,(H,20,24)(H,19,21,22). The zero-order valence-corrected chi connectivity index (χ0v) is 13.3. The lowest BCUT2D eigenvalue weighted by Crippen LogP contribution is -2.29. The summed E-state index contributed by atoms with van der Waals surface area (Å²) in [5, 5.41) is 5.83. The van der Waals surface area contributed by atoms with Gasteiger partial charge in [-0.3, -0.25) is 4.79 Å². The van der Waals surface area contributed by atoms with Crippen LogP contribution < -0.4 is 15.5 Å². The van der Waals surface area contributed by atoms with Gasteiger partial charge in [0.05, 0.1) is 5.56 Å². The molecule has 2 aromatic rings. The number of carbonyl (C=O) groups excluding carboxylic acids is 1. The summed E-state index contributed by atoms with van der Waals surface area (Å²) < 4.78 is 13.5. The Morgan fingerprint density at radius 2 is 1.96 bits per heavy atom. The fourth-order valence-electron chi connectivity index (χ4n) is 2.67. The monoisotopic (exact) mass is 329 g/mol. The number of anilines is 2. The average molecular weight is 329 g/mol. The molecule has 1 aliphatic rings. The number of rotatable bonds is 6. The quantitative estimate of drug-likeness (QED) is 0.794. The largest absolute Gasteiger partial charge is 0.368 e. The summed E-state index contributed by atoms with van der Waals surface area (Å²) in [5.41, 5.74) is 0.0517. The summed E-state index contributed by atoms with van der Waals surface area (Å²) in [4.78, 5) is 22.6. The minimum atomic E-state index is -0.519. The number of benzene rings is 1. The molecule has 0 aliphatic carbocycles. The van der Waals surface area contributed by atoms with Crippen molar-refractivity contribution in [2.45, 2.75) is 12.8 Å². The lowest BCUT2D eigenvalue weighted by molar-refractivity contribution is 0.0951. The second kappa shape index (κ2) is 7.72. The van der Waals surface area contributed by atoms with E-state index in [4.69, 9.17) is 0 Å². The Kier molecular flexibility index (Phi) is 5.20. The van der Waals surface area contributed by atoms with Gasteiger partial charge < -0.3 is 15.5 Å². The van der Waals surface area contributed by atoms with Crippen molar-refractivity contribution in [2.24, 2.45) is 0 Å². The van der Waals surface area contributed by atoms with Crippen LogP contribution in [0.25, 0.3) is 0 Å². The van der Waals surface area contributed by atoms with Crippen LogP contribution in [0.5, 0.6) is 0 Å². The molecule has 0 unspecified atom stereocenters. The smallest absolute Gasteiger partial charge is 0.254 e. The molecule has 0 spiro atoms. The van der Waals surface area contributed by atoms with Crippen LogP contribution in [0.3, 0.4) is 0 Å². The van der Waals surface area contributed by atoms with Crippen molar-refractivity contribution in [3.8, 4) is 0 Å². The zero-order chi connectivity index (χ0) is 16.8. The maximum atomic E-state index is 13.5. The van der Waals surface area contributed by atoms with Gasteiger partial charge in [-0.25, -0.2) is 14.4 Å². The molecule has 1 aromatic heterocycles. The molecule has 0 bridgehead atoms. The van der Waals surface area contributed by atoms with Crippen molar-refractivity contribution in [3.05, 3.63) is 48.0 Å². The number of carbonyl (C=O) groups is 1. The van der Waals surface area contributed by atoms with Gasteiger partial charge in [0.1, 0.15) is 23.8 Å². The van der Waals surface area contributed by atoms with E-state index >= 15 is 0 Å². The first kappa shape index (κ1) is 16.2. The Morgan fingerprint density at radius 1 is 1.17 bits per heavy atom. The first-order valence-electron chi connectivity index (χ1n) is 8.07. The Balaban J connectivity index is 1.47. The number of nitrogens with one attached hydrogen (secondary N) is 2. The molecule has 1 saturated heterocycles. The third kappa shape index (κ3) is 3.98. The molecule has 0 saturated carbocycles. The number of amides is 1. The summed E-state index contributed by atoms with van der Waals surface area (Å²) in [6, 6.07) is 7.83. The number of aromatic nitrogens is 2. The highest BCUT2D eigenvalue weighted by molar-refractivity contribution is 5.94. The SMILES string of the molecule is O=C(NCCNc1cc(N2CCCC2)ncn1)c1ccccc1F. The van der Waals surface area contributed by atoms with Crippen LogP contribution in [0, 0.1) is 5.82 Å². The fraction of sp³-hybridized carbons (Fsp3) is 0.353. The highest BCUT2D eigenvalue weighted by Gasteiger charge is 2.14. The van der Waals surface area contributed by atoms with Crippen LogP contribution >= 0.6 is 0 Å². The van der Waals surface area contributed by atoms with E-state index in [9.17, 15) is 9.18 Å². The van der Waals surface area contributed by atoms with E-state index in [1.165, 1.54) is 31.3 Å². The predicted octanol–water partition coefficient (Wildman–Crippen LogP) is 2.06. The Labute approximate surface area is 140 Å². The maximum Gasteiger partial charge on any atom is 0.254 e. The van der Waals surface area contributed by atoms with Crippen molar-refractivity contribution >= 4 is 17.5 Å². The Morgan fingerprint density at radius 3 is 2.75 bits per heavy atom. The number of hydrogen-bond acceptors (Lipinski definition) is 5. The summed E-state index contributed by atoms with van der Waals surface area (Å²) in [7, 11) is 0. The average Bonchev–Trinajstić information content (AvgIpc) is 3.14. The van der Waals surface area contributed by atoms with Gasteiger partial charge in [-0.2, -0.15) is 0 Å². The van der Waals surface area contributed by atoms with E-state index in [2.05, 4.69) is 25.5 Å². The third-order valence-electron chi connectivity index (χ3n) is 3.92. The van der Waals surface area contributed by atoms with Gasteiger partial charge >= 0.3 is 0 Å². The molecule has 3 rings (SSSR count). The summed E-state index contributed by atoms with van der Waals surface area (Å²) in [6.07, 6.45) is 3.91. The number of nitrogens with zero attached hydrogens (tertiary/aromatic N) is 3. The van der Waals surface area contributed by atoms with Gasteiger partial charge in [-0.05, 0) is 25.0 Å². The fourth-order valence-corrected chi connectivity index (χ4v) is 2.67. The lowest BCUT2D eigenvalue weighted by atomic mass is 10.2. The van der Waals surface area contributed by atoms with Crippen molar-refractivity contribution in [2.75, 3.05) is 36.4 Å². The highest BCUT2D eigenvalue weighted by Crippen LogP contribution is 2.18. The van der Waals surface area contributed by atoms with Crippen LogP contribution in [0.2, 0.25) is 0 Å². The molecule has 6 nitrogen and oxygen atoms in total. The first-order chi connectivity index (χ1) is 11.7. The van der Waals surface area contributed by atoms with Crippen molar-refractivity contribution < 1.29 is 9.18 Å². The van der Waals surface area contributed by atoms with Gasteiger partial charge in [-0.1, -0.05) is 12.1 Å². The van der Waals surface area contributed by atoms with Crippen LogP contribution in [-0.4, -0.2) is 42.1 Å². The normalized spacial score (nSPS) is 13.8. The van der Waals surface area contributed by atoms with E-state index in [1.54, 1.807) is 12.1 Å². The molecule has 0 radical (unpaired) electrons. The van der Waals surface area contributed by atoms with Crippen molar-refractivity contribution in [1.29, 1.82) is 0 Å². The Bertz CT molecular complexity index is 703. The third-order valence-corrected chi connectivity index (χ3v) is 3.92. The first-order valence-corrected chi connectivity index (χ1v) is 8.07. The molecular formula is C17H20FN5O. The minimum Gasteiger partial charge on any atom is -0.368 e. The van der Waals surface area contributed by atoms with E-state index in [1.807, 2.05) is 6.07 Å². The van der Waals surface area contributed by atoms with Gasteiger partial charge in [0.15, 0.2) is 0 Å². The van der Waals surface area contributed by atoms with Crippen LogP contribution in [0.1, 0.15) is 23.2 Å². The van der Waals surface area contributed by atoms with Crippen LogP contribution in [0.15, 0.2) is 36.7 Å². The summed E-state index contributed by atoms with van der Waals surface area (Å²) in [5.74, 6) is 0.691. The van der Waals surface area contributed by atoms with Gasteiger partial charge in [0, 0.05) is 32.2 Å². The second-order valence-electron chi connectivity index (χ2n) is 5.62. The lowest BCUT2D eigenvalue weighted by Gasteiger charge is -2.16. The molecule has 1 amide bonds. The molecule has 2 N–H and O–H groups in total. The predicted molar refractivity (Wildman–Crippen MR) is 90.7 cm³/mol. The van der Waals surface area contributed by atoms with E-state index in [0.29, 0.717) is 18.9 Å². The molecule has 126 valence electrons. The minimum absolute atomic E-state index is 0.0517. The molecule has 1 fully saturated rings. The summed E-state index contributed by atoms with van der Waals surface area (Å²) >= 11 is 0. The zero-order valence-electron chi connectivity index (χ0n) is 13.3. The molecule has 1 aromatic carbocycles. The molecule has 7 heteroatoms. The molecule has 1 aliphatic heterocycles. The molecule has 0 atom stereocenters. The van der Waals surface area contributed by atoms with E-state index in [-0.39, 0.29) is 5.56 Å². The topological polar surface area (TPSA) is 70.2 Å². The molecular weight excluding hydrogens is 309 g/mol. The van der Waals surface area contributed by atoms with E-state index in [0.717, 1.165) is 18.9 Å². The highest BCUT2D eigenvalue weighted by atomic mass is 19.1. The van der Waals surface area contributed by atoms with E-state index < -0.39 is 11.7 Å². The maximum absolute atomic E-state index is 13.5. The van der Waals surface area contributed by atoms with Crippen molar-refractivity contribution in [3.63, 3.8) is 0 Å². The number of hydrogen-bond donors (Lipinski definition) is 2. The van der Waals surface area contributed by atoms with Crippen LogP contribution in [-0.2, 0) is 0 Å². The molecule has 2 heterocycles. The van der Waals surface area contributed by atoms with Crippen molar-refractivity contribution in [1.82, 2.24) is 15.3 Å². The number of halogens is 1. The van der Waals surface area contributed by atoms with Gasteiger partial charge in [0.25, 0.3) is 5.91 Å². The molecule has 24 heavy (non-hydrogen) atoms. The Hall–Kier alpha value is -2.70. The summed E-state index contributed by atoms with van der Waals surface area (Å²) in [6.45, 7) is 2.91.